The molecule has 250 valence electrons. The van der Waals surface area contributed by atoms with E-state index in [1.807, 2.05) is 35.4 Å². The molecule has 1 amide bonds. The molecule has 1 atom stereocenters. The predicted molar refractivity (Wildman–Crippen MR) is 174 cm³/mol. The van der Waals surface area contributed by atoms with Crippen LogP contribution in [0, 0.1) is 5.82 Å². The van der Waals surface area contributed by atoms with Gasteiger partial charge in [-0.3, -0.25) is 19.2 Å². The minimum absolute atomic E-state index is 0.000861. The molecule has 1 saturated carbocycles. The summed E-state index contributed by atoms with van der Waals surface area (Å²) in [5.74, 6) is -1.98. The zero-order chi connectivity index (χ0) is 33.7. The summed E-state index contributed by atoms with van der Waals surface area (Å²) < 4.78 is 25.1. The molecular weight excluding hydrogens is 623 g/mol. The highest BCUT2D eigenvalue weighted by Crippen LogP contribution is 2.44. The van der Waals surface area contributed by atoms with Crippen LogP contribution in [0.3, 0.4) is 0 Å². The van der Waals surface area contributed by atoms with Gasteiger partial charge in [0.25, 0.3) is 5.91 Å². The molecule has 0 spiro atoms. The lowest BCUT2D eigenvalue weighted by Gasteiger charge is -2.41. The van der Waals surface area contributed by atoms with Crippen LogP contribution in [-0.2, 0) is 22.7 Å². The number of carboxylic acids is 1. The van der Waals surface area contributed by atoms with Crippen LogP contribution in [0.25, 0.3) is 10.9 Å². The minimum atomic E-state index is -1.34. The van der Waals surface area contributed by atoms with Gasteiger partial charge in [0.15, 0.2) is 17.3 Å². The van der Waals surface area contributed by atoms with Gasteiger partial charge in [0.05, 0.1) is 35.9 Å². The topological polar surface area (TPSA) is 148 Å². The zero-order valence-electron chi connectivity index (χ0n) is 26.8. The fourth-order valence-corrected chi connectivity index (χ4v) is 6.75. The molecule has 14 nitrogen and oxygen atoms in total. The number of oxime groups is 1. The number of carbonyl (C=O) groups is 2. The van der Waals surface area contributed by atoms with E-state index in [9.17, 15) is 19.5 Å². The number of aromatic carboxylic acids is 1. The summed E-state index contributed by atoms with van der Waals surface area (Å²) in [4.78, 5) is 48.6. The fraction of sp³-hybridized carbons (Fsp3) is 0.394. The number of para-hydroxylation sites is 1. The largest absolute Gasteiger partial charge is 0.492 e. The number of amides is 1. The van der Waals surface area contributed by atoms with Crippen LogP contribution in [0.2, 0.25) is 0 Å². The number of nitrogens with zero attached hydrogens (tertiary/aromatic N) is 8. The Morgan fingerprint density at radius 2 is 1.92 bits per heavy atom. The van der Waals surface area contributed by atoms with Crippen molar-refractivity contribution in [1.29, 1.82) is 0 Å². The molecule has 7 rings (SSSR count). The molecule has 1 N–H and O–H groups in total. The van der Waals surface area contributed by atoms with Gasteiger partial charge in [-0.1, -0.05) is 28.6 Å². The second kappa shape index (κ2) is 12.4. The summed E-state index contributed by atoms with van der Waals surface area (Å²) in [6, 6.07) is 8.61. The first-order chi connectivity index (χ1) is 23.2. The number of methoxy groups -OCH3 is 1. The lowest BCUT2D eigenvalue weighted by molar-refractivity contribution is -0.112. The van der Waals surface area contributed by atoms with Crippen LogP contribution in [0.4, 0.5) is 15.8 Å². The third-order valence-corrected chi connectivity index (χ3v) is 9.24. The second-order valence-corrected chi connectivity index (χ2v) is 12.3. The maximum atomic E-state index is 15.8. The Morgan fingerprint density at radius 1 is 1.12 bits per heavy atom. The summed E-state index contributed by atoms with van der Waals surface area (Å²) in [7, 11) is 2.85. The Bertz CT molecular complexity index is 2020. The molecule has 1 aliphatic carbocycles. The van der Waals surface area contributed by atoms with Crippen molar-refractivity contribution in [1.82, 2.24) is 24.5 Å². The van der Waals surface area contributed by atoms with E-state index in [1.54, 1.807) is 14.1 Å². The van der Waals surface area contributed by atoms with Crippen molar-refractivity contribution in [2.24, 2.45) is 5.16 Å². The quantitative estimate of drug-likeness (QED) is 0.252. The van der Waals surface area contributed by atoms with Crippen molar-refractivity contribution in [2.45, 2.75) is 44.9 Å². The Kier molecular flexibility index (Phi) is 8.07. The number of carbonyl (C=O) groups excluding carboxylic acids is 1. The highest BCUT2D eigenvalue weighted by Gasteiger charge is 2.35. The number of ether oxygens (including phenoxy) is 1. The van der Waals surface area contributed by atoms with E-state index in [4.69, 9.17) is 9.57 Å². The molecule has 15 heteroatoms. The average molecular weight is 659 g/mol. The SMILES string of the molecule is CO/N=C1\C(=O)N(CCn2cc(CN3CCN(c4c(F)cc5c(=O)c(C(=O)O)cn(C6CC6)c5c4OC)CC3C)nn2)c2ccccc21. The molecule has 2 fully saturated rings. The van der Waals surface area contributed by atoms with Gasteiger partial charge in [-0.05, 0) is 31.9 Å². The van der Waals surface area contributed by atoms with Gasteiger partial charge in [-0.2, -0.15) is 0 Å². The third-order valence-electron chi connectivity index (χ3n) is 9.24. The molecule has 3 aliphatic rings. The van der Waals surface area contributed by atoms with Crippen LogP contribution in [-0.4, -0.2) is 93.6 Å². The Labute approximate surface area is 274 Å². The summed E-state index contributed by atoms with van der Waals surface area (Å²) in [6.45, 7) is 4.95. The lowest BCUT2D eigenvalue weighted by atomic mass is 10.1. The predicted octanol–water partition coefficient (Wildman–Crippen LogP) is 2.88. The van der Waals surface area contributed by atoms with Crippen molar-refractivity contribution in [2.75, 3.05) is 50.2 Å². The number of anilines is 2. The Hall–Kier alpha value is -5.31. The van der Waals surface area contributed by atoms with Crippen molar-refractivity contribution < 1.29 is 28.7 Å². The number of halogens is 1. The number of carboxylic acid groups (broad SMARTS) is 1. The standard InChI is InChI=1S/C33H35FN8O6/c1-19-15-39(29-25(34)14-23-28(31(29)47-2)42(21-8-9-21)18-24(30(23)43)33(45)46)11-10-38(19)16-20-17-40(37-35-20)12-13-41-26-7-5-4-6-22(26)27(32(41)44)36-48-3/h4-7,14,17-19,21H,8-13,15-16H2,1-3H3,(H,45,46)/b36-27-. The number of aromatic nitrogens is 4. The van der Waals surface area contributed by atoms with Gasteiger partial charge in [0.2, 0.25) is 5.43 Å². The Morgan fingerprint density at radius 3 is 2.62 bits per heavy atom. The maximum absolute atomic E-state index is 15.8. The summed E-state index contributed by atoms with van der Waals surface area (Å²) >= 11 is 0. The molecule has 0 radical (unpaired) electrons. The second-order valence-electron chi connectivity index (χ2n) is 12.3. The molecule has 48 heavy (non-hydrogen) atoms. The molecule has 0 bridgehead atoms. The van der Waals surface area contributed by atoms with Crippen molar-refractivity contribution in [3.05, 3.63) is 75.6 Å². The highest BCUT2D eigenvalue weighted by atomic mass is 19.1. The van der Waals surface area contributed by atoms with E-state index in [2.05, 4.69) is 27.3 Å². The van der Waals surface area contributed by atoms with E-state index in [-0.39, 0.29) is 46.1 Å². The summed E-state index contributed by atoms with van der Waals surface area (Å²) in [5.41, 5.74) is 2.09. The zero-order valence-corrected chi connectivity index (χ0v) is 26.8. The van der Waals surface area contributed by atoms with Gasteiger partial charge in [0, 0.05) is 62.8 Å². The molecule has 2 aliphatic heterocycles. The maximum Gasteiger partial charge on any atom is 0.341 e. The van der Waals surface area contributed by atoms with E-state index in [0.717, 1.165) is 35.9 Å². The molecule has 2 aromatic carbocycles. The number of benzene rings is 2. The highest BCUT2D eigenvalue weighted by molar-refractivity contribution is 6.54. The number of pyridine rings is 1. The number of hydrogen-bond acceptors (Lipinski definition) is 10. The van der Waals surface area contributed by atoms with Gasteiger partial charge in [-0.15, -0.1) is 5.10 Å². The molecule has 2 aromatic heterocycles. The van der Waals surface area contributed by atoms with Gasteiger partial charge in [-0.25, -0.2) is 9.18 Å². The fourth-order valence-electron chi connectivity index (χ4n) is 6.75. The first-order valence-corrected chi connectivity index (χ1v) is 15.8. The van der Waals surface area contributed by atoms with Crippen LogP contribution >= 0.6 is 0 Å². The average Bonchev–Trinajstić information content (AvgIpc) is 3.76. The first kappa shape index (κ1) is 31.3. The van der Waals surface area contributed by atoms with Crippen molar-refractivity contribution in [3.8, 4) is 5.75 Å². The lowest BCUT2D eigenvalue weighted by Crippen LogP contribution is -2.51. The Balaban J connectivity index is 1.05. The first-order valence-electron chi connectivity index (χ1n) is 15.8. The smallest absolute Gasteiger partial charge is 0.341 e. The number of rotatable bonds is 10. The van der Waals surface area contributed by atoms with Crippen LogP contribution < -0.4 is 20.0 Å². The monoisotopic (exact) mass is 658 g/mol. The van der Waals surface area contributed by atoms with Crippen molar-refractivity contribution in [3.63, 3.8) is 0 Å². The molecule has 1 saturated heterocycles. The van der Waals surface area contributed by atoms with E-state index in [0.29, 0.717) is 44.8 Å². The molecule has 4 heterocycles. The van der Waals surface area contributed by atoms with Crippen LogP contribution in [0.5, 0.6) is 5.75 Å². The number of piperazine rings is 1. The van der Waals surface area contributed by atoms with Gasteiger partial charge >= 0.3 is 5.97 Å². The van der Waals surface area contributed by atoms with Crippen LogP contribution in [0.15, 0.2) is 52.7 Å². The summed E-state index contributed by atoms with van der Waals surface area (Å²) in [6.07, 6.45) is 4.89. The van der Waals surface area contributed by atoms with Gasteiger partial charge < -0.3 is 29.0 Å². The van der Waals surface area contributed by atoms with Crippen LogP contribution in [0.1, 0.15) is 47.4 Å². The molecule has 4 aromatic rings. The normalized spacial score (nSPS) is 19.0. The molecular formula is C33H35FN8O6. The molecule has 1 unspecified atom stereocenters. The van der Waals surface area contributed by atoms with E-state index < -0.39 is 17.2 Å². The number of fused-ring (bicyclic) bond motifs is 2. The third kappa shape index (κ3) is 5.43. The van der Waals surface area contributed by atoms with Gasteiger partial charge in [0.1, 0.15) is 18.4 Å². The van der Waals surface area contributed by atoms with E-state index >= 15 is 4.39 Å². The minimum Gasteiger partial charge on any atom is -0.492 e. The van der Waals surface area contributed by atoms with E-state index in [1.165, 1.54) is 20.4 Å². The summed E-state index contributed by atoms with van der Waals surface area (Å²) in [5, 5.41) is 22.2. The van der Waals surface area contributed by atoms with Crippen molar-refractivity contribution >= 4 is 39.9 Å². The number of hydrogen-bond donors (Lipinski definition) is 1.